The zero-order valence-electron chi connectivity index (χ0n) is 7.94. The van der Waals surface area contributed by atoms with Crippen molar-refractivity contribution in [2.45, 2.75) is 0 Å². The van der Waals surface area contributed by atoms with Gasteiger partial charge < -0.3 is 18.1 Å². The zero-order valence-corrected chi connectivity index (χ0v) is 15.8. The van der Waals surface area contributed by atoms with Crippen LogP contribution in [0.15, 0.2) is 12.3 Å². The van der Waals surface area contributed by atoms with Crippen molar-refractivity contribution in [3.05, 3.63) is 12.3 Å². The van der Waals surface area contributed by atoms with Crippen LogP contribution in [0.4, 0.5) is 4.79 Å². The summed E-state index contributed by atoms with van der Waals surface area (Å²) < 4.78 is 15.5. The molecule has 0 heterocycles. The van der Waals surface area contributed by atoms with Crippen molar-refractivity contribution in [3.63, 3.8) is 0 Å². The SMILES string of the molecule is C=C[Si](O[SiH3])(O[SiH3])O[SiH3].NC(=O)S. The minimum atomic E-state index is -2.24. The third-order valence-electron chi connectivity index (χ3n) is 1.10. The molecule has 0 aliphatic rings. The molecule has 0 aromatic heterocycles. The molecule has 0 saturated heterocycles. The number of carbonyl (C=O) groups excluding carboxylic acids is 1. The summed E-state index contributed by atoms with van der Waals surface area (Å²) in [6.45, 7) is 3.60. The minimum absolute atomic E-state index is 0.639. The van der Waals surface area contributed by atoms with Crippen LogP contribution in [0, 0.1) is 0 Å². The van der Waals surface area contributed by atoms with Gasteiger partial charge in [-0.15, -0.1) is 6.58 Å². The predicted molar refractivity (Wildman–Crippen MR) is 67.6 cm³/mol. The van der Waals surface area contributed by atoms with E-state index in [1.165, 1.54) is 0 Å². The highest BCUT2D eigenvalue weighted by Crippen LogP contribution is 2.03. The first-order valence-electron chi connectivity index (χ1n) is 3.25. The maximum Gasteiger partial charge on any atom is 0.495 e. The monoisotopic (exact) mass is 273 g/mol. The molecule has 5 nitrogen and oxygen atoms in total. The lowest BCUT2D eigenvalue weighted by molar-refractivity contribution is 0.267. The predicted octanol–water partition coefficient (Wildman–Crippen LogP) is -3.46. The molecular weight excluding hydrogens is 258 g/mol. The molecule has 0 aromatic carbocycles. The van der Waals surface area contributed by atoms with E-state index < -0.39 is 14.0 Å². The van der Waals surface area contributed by atoms with Crippen LogP contribution in [-0.2, 0) is 12.3 Å². The van der Waals surface area contributed by atoms with Gasteiger partial charge in [0.1, 0.15) is 31.5 Å². The molecule has 0 aliphatic carbocycles. The van der Waals surface area contributed by atoms with Gasteiger partial charge in [0, 0.05) is 0 Å². The molecule has 1 amide bonds. The minimum Gasteiger partial charge on any atom is -0.422 e. The van der Waals surface area contributed by atoms with Gasteiger partial charge in [0.2, 0.25) is 0 Å². The molecule has 2 N–H and O–H groups in total. The summed E-state index contributed by atoms with van der Waals surface area (Å²) in [6.07, 6.45) is 0. The fourth-order valence-electron chi connectivity index (χ4n) is 0.500. The largest absolute Gasteiger partial charge is 0.495 e. The summed E-state index contributed by atoms with van der Waals surface area (Å²) in [4.78, 5) is 9.09. The Bertz CT molecular complexity index is 153. The van der Waals surface area contributed by atoms with Crippen molar-refractivity contribution in [1.82, 2.24) is 0 Å². The second-order valence-corrected chi connectivity index (χ2v) is 8.71. The normalized spacial score (nSPS) is 14.2. The molecule has 10 heteroatoms. The van der Waals surface area contributed by atoms with E-state index in [1.54, 1.807) is 5.70 Å². The van der Waals surface area contributed by atoms with E-state index in [1.807, 2.05) is 0 Å². The third-order valence-corrected chi connectivity index (χ3v) is 8.43. The van der Waals surface area contributed by atoms with Gasteiger partial charge in [-0.3, -0.25) is 4.79 Å². The van der Waals surface area contributed by atoms with Crippen LogP contribution in [-0.4, -0.2) is 45.5 Å². The lowest BCUT2D eigenvalue weighted by Crippen LogP contribution is -2.42. The number of thiol groups is 1. The highest BCUT2D eigenvalue weighted by atomic mass is 32.1. The molecule has 0 aliphatic heterocycles. The van der Waals surface area contributed by atoms with E-state index in [2.05, 4.69) is 24.9 Å². The average molecular weight is 274 g/mol. The van der Waals surface area contributed by atoms with E-state index in [9.17, 15) is 0 Å². The van der Waals surface area contributed by atoms with Crippen molar-refractivity contribution in [3.8, 4) is 0 Å². The number of nitrogens with two attached hydrogens (primary N) is 1. The number of carbonyl (C=O) groups is 1. The van der Waals surface area contributed by atoms with Crippen LogP contribution in [0.2, 0.25) is 0 Å². The average Bonchev–Trinajstić information content (AvgIpc) is 2.09. The van der Waals surface area contributed by atoms with Crippen molar-refractivity contribution in [2.24, 2.45) is 5.73 Å². The Labute approximate surface area is 93.4 Å². The molecule has 78 valence electrons. The molecule has 0 spiro atoms. The molecule has 0 saturated carbocycles. The quantitative estimate of drug-likeness (QED) is 0.413. The smallest absolute Gasteiger partial charge is 0.422 e. The van der Waals surface area contributed by atoms with Gasteiger partial charge >= 0.3 is 8.80 Å². The topological polar surface area (TPSA) is 70.8 Å². The maximum absolute atomic E-state index is 9.09. The van der Waals surface area contributed by atoms with Crippen molar-refractivity contribution in [2.75, 3.05) is 0 Å². The number of rotatable bonds is 4. The Morgan fingerprint density at radius 3 is 1.62 bits per heavy atom. The Hall–Kier alpha value is 0.308. The molecule has 0 aromatic rings. The van der Waals surface area contributed by atoms with Gasteiger partial charge in [0.15, 0.2) is 0 Å². The van der Waals surface area contributed by atoms with Crippen molar-refractivity contribution in [1.29, 1.82) is 0 Å². The van der Waals surface area contributed by atoms with Crippen LogP contribution in [0.25, 0.3) is 0 Å². The standard InChI is InChI=1S/C2H12O3Si4.CH3NOS/c1-2-9(3-6,4-7)5-8;2-1(3)4/h2H,1H2,6-8H3;(H3,2,3,4). The first-order valence-corrected chi connectivity index (χ1v) is 7.95. The number of hydrogen-bond donors (Lipinski definition) is 2. The molecule has 0 radical (unpaired) electrons. The van der Waals surface area contributed by atoms with E-state index in [0.717, 1.165) is 0 Å². The van der Waals surface area contributed by atoms with Crippen LogP contribution >= 0.6 is 12.6 Å². The van der Waals surface area contributed by atoms with Gasteiger partial charge in [-0.25, -0.2) is 0 Å². The number of amides is 1. The Balaban J connectivity index is 0. The van der Waals surface area contributed by atoms with Crippen LogP contribution in [0.3, 0.4) is 0 Å². The summed E-state index contributed by atoms with van der Waals surface area (Å²) in [5, 5.41) is -0.639. The van der Waals surface area contributed by atoms with E-state index >= 15 is 0 Å². The summed E-state index contributed by atoms with van der Waals surface area (Å²) >= 11 is 3.10. The van der Waals surface area contributed by atoms with E-state index in [4.69, 9.17) is 17.1 Å². The number of hydrogen-bond acceptors (Lipinski definition) is 4. The Morgan fingerprint density at radius 1 is 1.38 bits per heavy atom. The lowest BCUT2D eigenvalue weighted by Gasteiger charge is -2.21. The fraction of sp³-hybridized carbons (Fsp3) is 0. The summed E-state index contributed by atoms with van der Waals surface area (Å²) in [7, 11) is -0.262. The summed E-state index contributed by atoms with van der Waals surface area (Å²) in [5.41, 5.74) is 6.02. The maximum atomic E-state index is 9.09. The summed E-state index contributed by atoms with van der Waals surface area (Å²) in [6, 6.07) is 0. The van der Waals surface area contributed by atoms with Gasteiger partial charge in [-0.2, -0.15) is 0 Å². The van der Waals surface area contributed by atoms with Crippen LogP contribution in [0.1, 0.15) is 0 Å². The van der Waals surface area contributed by atoms with Crippen molar-refractivity contribution >= 4 is 58.1 Å². The molecule has 13 heavy (non-hydrogen) atoms. The van der Waals surface area contributed by atoms with Crippen molar-refractivity contribution < 1.29 is 17.1 Å². The first-order chi connectivity index (χ1) is 5.97. The lowest BCUT2D eigenvalue weighted by atomic mass is 11.3. The molecular formula is C3H15NO4SSi4. The molecule has 0 rings (SSSR count). The van der Waals surface area contributed by atoms with Crippen LogP contribution in [0.5, 0.6) is 0 Å². The highest BCUT2D eigenvalue weighted by Gasteiger charge is 2.30. The van der Waals surface area contributed by atoms with Gasteiger partial charge in [0.25, 0.3) is 5.24 Å². The summed E-state index contributed by atoms with van der Waals surface area (Å²) in [5.74, 6) is 0. The second-order valence-electron chi connectivity index (χ2n) is 1.76. The first kappa shape index (κ1) is 15.8. The Morgan fingerprint density at radius 2 is 1.62 bits per heavy atom. The fourth-order valence-corrected chi connectivity index (χ4v) is 9.00. The zero-order chi connectivity index (χ0) is 10.9. The van der Waals surface area contributed by atoms with Gasteiger partial charge in [0.05, 0.1) is 0 Å². The second kappa shape index (κ2) is 8.89. The molecule has 0 bridgehead atoms. The highest BCUT2D eigenvalue weighted by molar-refractivity contribution is 7.96. The van der Waals surface area contributed by atoms with Gasteiger partial charge in [-0.05, 0) is 5.70 Å². The van der Waals surface area contributed by atoms with E-state index in [0.29, 0.717) is 31.5 Å². The number of primary amides is 1. The molecule has 0 atom stereocenters. The van der Waals surface area contributed by atoms with Gasteiger partial charge in [-0.1, -0.05) is 12.6 Å². The third kappa shape index (κ3) is 8.63. The van der Waals surface area contributed by atoms with E-state index in [-0.39, 0.29) is 0 Å². The van der Waals surface area contributed by atoms with Crippen LogP contribution < -0.4 is 5.73 Å². The Kier molecular flexibility index (Phi) is 10.8. The molecule has 0 fully saturated rings. The molecule has 0 unspecified atom stereocenters.